The second-order valence-corrected chi connectivity index (χ2v) is 6.90. The Bertz CT molecular complexity index is 947. The van der Waals surface area contributed by atoms with Crippen molar-refractivity contribution in [1.29, 1.82) is 0 Å². The first kappa shape index (κ1) is 19.7. The number of nitrogens with zero attached hydrogens (tertiary/aromatic N) is 1. The van der Waals surface area contributed by atoms with Crippen molar-refractivity contribution >= 4 is 23.1 Å². The maximum absolute atomic E-state index is 12.9. The molecule has 0 unspecified atom stereocenters. The van der Waals surface area contributed by atoms with Gasteiger partial charge in [0.15, 0.2) is 0 Å². The fraction of sp³-hybridized carbons (Fsp3) is 0.304. The topological polar surface area (TPSA) is 58.6 Å². The summed E-state index contributed by atoms with van der Waals surface area (Å²) in [7, 11) is 0. The van der Waals surface area contributed by atoms with E-state index < -0.39 is 0 Å². The Hall–Kier alpha value is -3.08. The van der Waals surface area contributed by atoms with Crippen molar-refractivity contribution in [2.24, 2.45) is 0 Å². The number of carbonyl (C=O) groups excluding carboxylic acids is 2. The first-order chi connectivity index (χ1) is 13.5. The van der Waals surface area contributed by atoms with E-state index in [-0.39, 0.29) is 11.8 Å². The number of rotatable bonds is 7. The first-order valence-electron chi connectivity index (χ1n) is 9.64. The third kappa shape index (κ3) is 3.79. The highest BCUT2D eigenvalue weighted by Crippen LogP contribution is 2.32. The Morgan fingerprint density at radius 1 is 0.964 bits per heavy atom. The number of ether oxygens (including phenoxy) is 1. The Morgan fingerprint density at radius 3 is 2.43 bits per heavy atom. The monoisotopic (exact) mass is 378 g/mol. The second-order valence-electron chi connectivity index (χ2n) is 6.90. The maximum Gasteiger partial charge on any atom is 0.278 e. The molecule has 146 valence electrons. The van der Waals surface area contributed by atoms with E-state index in [9.17, 15) is 9.59 Å². The van der Waals surface area contributed by atoms with E-state index in [4.69, 9.17) is 4.74 Å². The highest BCUT2D eigenvalue weighted by Gasteiger charge is 2.38. The molecule has 0 spiro atoms. The van der Waals surface area contributed by atoms with Crippen LogP contribution in [0.2, 0.25) is 0 Å². The smallest absolute Gasteiger partial charge is 0.278 e. The van der Waals surface area contributed by atoms with Crippen LogP contribution in [0.1, 0.15) is 37.0 Å². The minimum atomic E-state index is -0.305. The number of nitrogens with one attached hydrogen (secondary N) is 1. The Morgan fingerprint density at radius 2 is 1.75 bits per heavy atom. The standard InChI is InChI=1S/C23H26N2O3/c1-5-12-28-19-9-7-8-18(14-19)24-21-20(22(26)25(6-2)23(21)27)17-11-10-15(3)16(4)13-17/h7-11,13-14,24H,5-6,12H2,1-4H3. The van der Waals surface area contributed by atoms with Gasteiger partial charge in [0.2, 0.25) is 0 Å². The van der Waals surface area contributed by atoms with Gasteiger partial charge in [0.1, 0.15) is 11.4 Å². The van der Waals surface area contributed by atoms with Crippen LogP contribution in [0.4, 0.5) is 5.69 Å². The molecule has 2 aromatic carbocycles. The molecule has 1 aliphatic heterocycles. The van der Waals surface area contributed by atoms with E-state index in [0.29, 0.717) is 30.1 Å². The number of carbonyl (C=O) groups is 2. The summed E-state index contributed by atoms with van der Waals surface area (Å²) in [6.07, 6.45) is 0.915. The summed E-state index contributed by atoms with van der Waals surface area (Å²) >= 11 is 0. The lowest BCUT2D eigenvalue weighted by Gasteiger charge is -2.12. The lowest BCUT2D eigenvalue weighted by molar-refractivity contribution is -0.136. The molecule has 1 aliphatic rings. The summed E-state index contributed by atoms with van der Waals surface area (Å²) in [5.74, 6) is 0.154. The molecule has 0 aliphatic carbocycles. The van der Waals surface area contributed by atoms with Gasteiger partial charge in [-0.2, -0.15) is 0 Å². The first-order valence-corrected chi connectivity index (χ1v) is 9.64. The van der Waals surface area contributed by atoms with Gasteiger partial charge in [-0.05, 0) is 56.0 Å². The van der Waals surface area contributed by atoms with Gasteiger partial charge in [0, 0.05) is 18.3 Å². The van der Waals surface area contributed by atoms with Crippen LogP contribution in [-0.2, 0) is 9.59 Å². The molecule has 5 nitrogen and oxygen atoms in total. The summed E-state index contributed by atoms with van der Waals surface area (Å²) in [6, 6.07) is 13.3. The van der Waals surface area contributed by atoms with Gasteiger partial charge >= 0.3 is 0 Å². The molecular formula is C23H26N2O3. The van der Waals surface area contributed by atoms with Crippen molar-refractivity contribution in [1.82, 2.24) is 4.90 Å². The molecule has 5 heteroatoms. The SMILES string of the molecule is CCCOc1cccc(NC2=C(c3ccc(C)c(C)c3)C(=O)N(CC)C2=O)c1. The molecule has 0 fully saturated rings. The van der Waals surface area contributed by atoms with Gasteiger partial charge in [-0.1, -0.05) is 31.2 Å². The Balaban J connectivity index is 2.02. The van der Waals surface area contributed by atoms with Gasteiger partial charge in [-0.15, -0.1) is 0 Å². The highest BCUT2D eigenvalue weighted by atomic mass is 16.5. The zero-order valence-corrected chi connectivity index (χ0v) is 16.8. The number of amides is 2. The average molecular weight is 378 g/mol. The highest BCUT2D eigenvalue weighted by molar-refractivity contribution is 6.36. The number of hydrogen-bond acceptors (Lipinski definition) is 4. The number of anilines is 1. The largest absolute Gasteiger partial charge is 0.494 e. The van der Waals surface area contributed by atoms with Gasteiger partial charge in [-0.25, -0.2) is 0 Å². The Labute approximate surface area is 166 Å². The predicted molar refractivity (Wildman–Crippen MR) is 111 cm³/mol. The van der Waals surface area contributed by atoms with Gasteiger partial charge in [0.25, 0.3) is 11.8 Å². The van der Waals surface area contributed by atoms with E-state index in [2.05, 4.69) is 5.32 Å². The summed E-state index contributed by atoms with van der Waals surface area (Å²) < 4.78 is 5.67. The summed E-state index contributed by atoms with van der Waals surface area (Å²) in [5.41, 5.74) is 4.40. The molecule has 0 bridgehead atoms. The molecule has 3 rings (SSSR count). The average Bonchev–Trinajstić information content (AvgIpc) is 2.92. The molecule has 28 heavy (non-hydrogen) atoms. The third-order valence-corrected chi connectivity index (χ3v) is 4.86. The van der Waals surface area contributed by atoms with E-state index in [0.717, 1.165) is 28.9 Å². The van der Waals surface area contributed by atoms with Gasteiger partial charge < -0.3 is 10.1 Å². The molecule has 1 N–H and O–H groups in total. The quantitative estimate of drug-likeness (QED) is 0.730. The Kier molecular flexibility index (Phi) is 5.83. The van der Waals surface area contributed by atoms with Crippen LogP contribution >= 0.6 is 0 Å². The van der Waals surface area contributed by atoms with E-state index in [1.807, 2.05) is 63.2 Å². The summed E-state index contributed by atoms with van der Waals surface area (Å²) in [5, 5.41) is 3.17. The van der Waals surface area contributed by atoms with Crippen LogP contribution in [0.3, 0.4) is 0 Å². The van der Waals surface area contributed by atoms with Crippen molar-refractivity contribution in [3.05, 3.63) is 64.9 Å². The number of likely N-dealkylation sites (N-methyl/N-ethyl adjacent to an activating group) is 1. The van der Waals surface area contributed by atoms with Crippen LogP contribution in [0.5, 0.6) is 5.75 Å². The van der Waals surface area contributed by atoms with Crippen LogP contribution in [0, 0.1) is 13.8 Å². The second kappa shape index (κ2) is 8.30. The molecule has 0 atom stereocenters. The van der Waals surface area contributed by atoms with Crippen LogP contribution in [0.15, 0.2) is 48.2 Å². The molecule has 0 saturated heterocycles. The normalized spacial score (nSPS) is 14.1. The minimum Gasteiger partial charge on any atom is -0.494 e. The van der Waals surface area contributed by atoms with Gasteiger partial charge in [-0.3, -0.25) is 14.5 Å². The molecule has 0 radical (unpaired) electrons. The summed E-state index contributed by atoms with van der Waals surface area (Å²) in [6.45, 7) is 8.83. The van der Waals surface area contributed by atoms with E-state index in [1.54, 1.807) is 6.92 Å². The van der Waals surface area contributed by atoms with Crippen molar-refractivity contribution in [3.63, 3.8) is 0 Å². The van der Waals surface area contributed by atoms with Crippen molar-refractivity contribution in [2.75, 3.05) is 18.5 Å². The maximum atomic E-state index is 12.9. The van der Waals surface area contributed by atoms with Crippen molar-refractivity contribution in [3.8, 4) is 5.75 Å². The van der Waals surface area contributed by atoms with E-state index >= 15 is 0 Å². The number of hydrogen-bond donors (Lipinski definition) is 1. The van der Waals surface area contributed by atoms with Crippen LogP contribution < -0.4 is 10.1 Å². The van der Waals surface area contributed by atoms with E-state index in [1.165, 1.54) is 4.90 Å². The summed E-state index contributed by atoms with van der Waals surface area (Å²) in [4.78, 5) is 27.1. The molecular weight excluding hydrogens is 352 g/mol. The van der Waals surface area contributed by atoms with Crippen molar-refractivity contribution < 1.29 is 14.3 Å². The molecule has 0 aromatic heterocycles. The van der Waals surface area contributed by atoms with Crippen molar-refractivity contribution in [2.45, 2.75) is 34.1 Å². The fourth-order valence-electron chi connectivity index (χ4n) is 3.17. The fourth-order valence-corrected chi connectivity index (χ4v) is 3.17. The predicted octanol–water partition coefficient (Wildman–Crippen LogP) is 4.30. The third-order valence-electron chi connectivity index (χ3n) is 4.86. The number of imide groups is 1. The van der Waals surface area contributed by atoms with Crippen LogP contribution in [-0.4, -0.2) is 29.9 Å². The lowest BCUT2D eigenvalue weighted by Crippen LogP contribution is -2.32. The zero-order chi connectivity index (χ0) is 20.3. The zero-order valence-electron chi connectivity index (χ0n) is 16.8. The molecule has 2 amide bonds. The number of benzene rings is 2. The molecule has 0 saturated carbocycles. The lowest BCUT2D eigenvalue weighted by atomic mass is 9.99. The van der Waals surface area contributed by atoms with Gasteiger partial charge in [0.05, 0.1) is 12.2 Å². The number of aryl methyl sites for hydroxylation is 2. The molecule has 2 aromatic rings. The van der Waals surface area contributed by atoms with Crippen LogP contribution in [0.25, 0.3) is 5.57 Å². The molecule has 1 heterocycles. The minimum absolute atomic E-state index is 0.267.